The minimum atomic E-state index is -0.768. The third-order valence-electron chi connectivity index (χ3n) is 28.8. The van der Waals surface area contributed by atoms with Gasteiger partial charge in [0.2, 0.25) is 29.5 Å². The van der Waals surface area contributed by atoms with E-state index in [4.69, 9.17) is 5.73 Å². The molecule has 0 unspecified atom stereocenters. The van der Waals surface area contributed by atoms with Gasteiger partial charge in [0.25, 0.3) is 0 Å². The van der Waals surface area contributed by atoms with Crippen LogP contribution in [0.4, 0.5) is 23.3 Å². The molecule has 12 aromatic rings. The second-order valence-electron chi connectivity index (χ2n) is 38.8. The number of nitrogens with one attached hydrogen (secondary N) is 12. The topological polar surface area (TPSA) is 414 Å². The molecule has 4 aliphatic carbocycles. The van der Waals surface area contributed by atoms with Crippen LogP contribution < -0.4 is 48.3 Å². The molecule has 133 heavy (non-hydrogen) atoms. The number of rotatable bonds is 26. The van der Waals surface area contributed by atoms with Gasteiger partial charge in [-0.1, -0.05) is 89.0 Å². The lowest BCUT2D eigenvalue weighted by molar-refractivity contribution is -0.122. The first-order chi connectivity index (χ1) is 64.3. The highest BCUT2D eigenvalue weighted by Crippen LogP contribution is 2.43. The molecule has 0 spiro atoms. The number of carbonyl (C=O) groups is 5. The monoisotopic (exact) mass is 1800 g/mol. The van der Waals surface area contributed by atoms with Gasteiger partial charge in [-0.15, -0.1) is 0 Å². The molecule has 16 N–H and O–H groups in total. The minimum Gasteiger partial charge on any atom is -0.385 e. The molecule has 4 saturated heterocycles. The summed E-state index contributed by atoms with van der Waals surface area (Å²) in [6.07, 6.45) is 22.4. The Morgan fingerprint density at radius 1 is 0.353 bits per heavy atom. The minimum absolute atomic E-state index is 0.00180. The number of H-pyrrole nitrogens is 4. The predicted molar refractivity (Wildman–Crippen MR) is 520 cm³/mol. The lowest BCUT2D eigenvalue weighted by Gasteiger charge is -2.48. The summed E-state index contributed by atoms with van der Waals surface area (Å²) in [6, 6.07) is 48.1. The second kappa shape index (κ2) is 41.5. The summed E-state index contributed by atoms with van der Waals surface area (Å²) >= 11 is 0. The van der Waals surface area contributed by atoms with Crippen molar-refractivity contribution in [3.8, 4) is 0 Å². The molecule has 0 atom stereocenters. The van der Waals surface area contributed by atoms with Crippen LogP contribution in [0, 0.1) is 48.5 Å². The van der Waals surface area contributed by atoms with E-state index in [1.54, 1.807) is 0 Å². The van der Waals surface area contributed by atoms with Gasteiger partial charge in [0.15, 0.2) is 23.3 Å². The zero-order valence-electron chi connectivity index (χ0n) is 77.6. The van der Waals surface area contributed by atoms with Crippen molar-refractivity contribution >= 4 is 96.4 Å². The van der Waals surface area contributed by atoms with Gasteiger partial charge < -0.3 is 58.5 Å². The summed E-state index contributed by atoms with van der Waals surface area (Å²) in [6.45, 7) is 22.2. The molecule has 7 aromatic heterocycles. The fourth-order valence-electron chi connectivity index (χ4n) is 20.8. The Kier molecular flexibility index (Phi) is 28.9. The van der Waals surface area contributed by atoms with Crippen molar-refractivity contribution < 1.29 is 34.2 Å². The Labute approximate surface area is 776 Å². The molecule has 8 fully saturated rings. The number of aromatic amines is 4. The van der Waals surface area contributed by atoms with E-state index in [0.29, 0.717) is 59.9 Å². The standard InChI is InChI=1S/C27H34N6O2.2C25H32N6O2.C25H32N6O/c1-17-2-11-24-23(12-17)27(32-31-24)29-14-26(35)30-21-15-33(16-21)22-9-7-20(8-10-22)19-5-3-18(4-6-19)13-25(28)34;2*1-16-3-6-22-21(11-16)24(30-29-22)27-13-23(32)28-19-14-31(15-19)20-7-9-25(33,10-8-20)18-5-4-17(2)26-12-18;1-16-3-10-23-22(11-16)25(30-29-23)27-13-24(32)28-20-14-31(15-20)21-8-6-18(7-9-21)19-5-4-17(2)26-12-19/h2-6,11-12,20-22H,7-10,13-16H2,1H3,(H2,28,34)(H,30,35)(H2,29,31,32);2*3-6,11-12,19-20,33H,7-10,13-15H2,1-2H3,(H,28,32)(H2,27,29,30);3-5,10-12,18,20-21H,6-9,13-15H2,1-2H3,(H,28,32)(H2,27,29,30). The highest BCUT2D eigenvalue weighted by molar-refractivity contribution is 5.95. The maximum Gasteiger partial charge on any atom is 0.239 e. The van der Waals surface area contributed by atoms with Crippen molar-refractivity contribution in [3.63, 3.8) is 0 Å². The molecule has 31 nitrogen and oxygen atoms in total. The van der Waals surface area contributed by atoms with E-state index in [1.807, 2.05) is 139 Å². The van der Waals surface area contributed by atoms with Crippen molar-refractivity contribution in [2.24, 2.45) is 5.73 Å². The second-order valence-corrected chi connectivity index (χ2v) is 38.8. The first kappa shape index (κ1) is 92.6. The van der Waals surface area contributed by atoms with Crippen LogP contribution >= 0.6 is 0 Å². The molecule has 0 radical (unpaired) electrons. The van der Waals surface area contributed by atoms with Crippen LogP contribution in [0.3, 0.4) is 0 Å². The van der Waals surface area contributed by atoms with Gasteiger partial charge in [0.05, 0.1) is 90.0 Å². The largest absolute Gasteiger partial charge is 0.385 e. The van der Waals surface area contributed by atoms with Gasteiger partial charge in [-0.3, -0.25) is 78.9 Å². The number of aryl methyl sites for hydroxylation is 7. The van der Waals surface area contributed by atoms with E-state index in [-0.39, 0.29) is 79.9 Å². The molecule has 5 amide bonds. The quantitative estimate of drug-likeness (QED) is 0.0239. The fourth-order valence-corrected chi connectivity index (χ4v) is 20.8. The molecule has 700 valence electrons. The number of pyridine rings is 3. The molecule has 11 heterocycles. The van der Waals surface area contributed by atoms with E-state index in [2.05, 4.69) is 180 Å². The number of anilines is 4. The Morgan fingerprint density at radius 3 is 0.910 bits per heavy atom. The van der Waals surface area contributed by atoms with Gasteiger partial charge in [0.1, 0.15) is 0 Å². The summed E-state index contributed by atoms with van der Waals surface area (Å²) in [5, 5.41) is 80.5. The van der Waals surface area contributed by atoms with Gasteiger partial charge in [-0.2, -0.15) is 20.4 Å². The molecule has 8 aliphatic rings. The summed E-state index contributed by atoms with van der Waals surface area (Å²) in [4.78, 5) is 83.9. The van der Waals surface area contributed by atoms with Gasteiger partial charge in [-0.05, 0) is 246 Å². The SMILES string of the molecule is Cc1ccc2[nH]nc(NCC(=O)NC3CN(C4CCC(O)(c5ccc(C)nc5)CC4)C3)c2c1.Cc1ccc2[nH]nc(NCC(=O)NC3CN(C4CCC(O)(c5ccc(C)nc5)CC4)C3)c2c1.Cc1ccc2[nH]nc(NCC(=O)NC3CN(C4CCC(c5ccc(C)nc5)CC4)C3)c2c1.Cc1ccc2[nH]nc(NCC(=O)NC3CN(C4CCC(c5ccc(CC(N)=O)cc5)CC4)C3)c2c1. The number of hydrogen-bond donors (Lipinski definition) is 15. The number of likely N-dealkylation sites (tertiary alicyclic amines) is 4. The van der Waals surface area contributed by atoms with E-state index in [0.717, 1.165) is 204 Å². The molecule has 31 heteroatoms. The molecular formula is C102H130N24O7. The van der Waals surface area contributed by atoms with Gasteiger partial charge in [-0.25, -0.2) is 0 Å². The fraction of sp³-hybridized carbons (Fsp3) is 0.471. The predicted octanol–water partition coefficient (Wildman–Crippen LogP) is 11.6. The van der Waals surface area contributed by atoms with Crippen LogP contribution in [0.25, 0.3) is 43.6 Å². The Hall–Kier alpha value is -12.3. The normalized spacial score (nSPS) is 22.7. The van der Waals surface area contributed by atoms with Gasteiger partial charge >= 0.3 is 0 Å². The zero-order chi connectivity index (χ0) is 92.4. The Balaban J connectivity index is 0.000000124. The summed E-state index contributed by atoms with van der Waals surface area (Å²) < 4.78 is 0. The number of primary amides is 1. The maximum atomic E-state index is 12.5. The van der Waals surface area contributed by atoms with E-state index in [9.17, 15) is 34.2 Å². The lowest BCUT2D eigenvalue weighted by Crippen LogP contribution is -2.63. The smallest absolute Gasteiger partial charge is 0.239 e. The highest BCUT2D eigenvalue weighted by Gasteiger charge is 2.44. The number of aliphatic hydroxyl groups is 2. The number of carbonyl (C=O) groups excluding carboxylic acids is 5. The average molecular weight is 1800 g/mol. The number of nitrogens with zero attached hydrogens (tertiary/aromatic N) is 11. The molecule has 4 aliphatic heterocycles. The van der Waals surface area contributed by atoms with Gasteiger partial charge in [0, 0.05) is 145 Å². The van der Waals surface area contributed by atoms with Crippen molar-refractivity contribution in [1.29, 1.82) is 0 Å². The summed E-state index contributed by atoms with van der Waals surface area (Å²) in [7, 11) is 0. The highest BCUT2D eigenvalue weighted by atomic mass is 16.3. The number of fused-ring (bicyclic) bond motifs is 4. The van der Waals surface area contributed by atoms with Crippen LogP contribution in [0.5, 0.6) is 0 Å². The third-order valence-corrected chi connectivity index (χ3v) is 28.8. The number of aromatic nitrogens is 11. The van der Waals surface area contributed by atoms with Crippen molar-refractivity contribution in [2.75, 3.05) is 99.8 Å². The van der Waals surface area contributed by atoms with Crippen LogP contribution in [0.15, 0.2) is 152 Å². The number of nitrogens with two attached hydrogens (primary N) is 1. The molecule has 5 aromatic carbocycles. The third kappa shape index (κ3) is 23.2. The van der Waals surface area contributed by atoms with E-state index in [1.165, 1.54) is 68.1 Å². The first-order valence-electron chi connectivity index (χ1n) is 47.8. The Morgan fingerprint density at radius 2 is 0.632 bits per heavy atom. The van der Waals surface area contributed by atoms with Crippen molar-refractivity contribution in [3.05, 3.63) is 219 Å². The van der Waals surface area contributed by atoms with Crippen molar-refractivity contribution in [2.45, 2.75) is 229 Å². The number of hydrogen-bond acceptors (Lipinski definition) is 22. The Bertz CT molecular complexity index is 5800. The van der Waals surface area contributed by atoms with Crippen LogP contribution in [0.2, 0.25) is 0 Å². The lowest BCUT2D eigenvalue weighted by atomic mass is 9.77. The molecule has 20 rings (SSSR count). The van der Waals surface area contributed by atoms with E-state index < -0.39 is 11.2 Å². The van der Waals surface area contributed by atoms with E-state index >= 15 is 0 Å². The molecular weight excluding hydrogens is 1670 g/mol. The first-order valence-corrected chi connectivity index (χ1v) is 47.8. The van der Waals surface area contributed by atoms with Crippen LogP contribution in [0.1, 0.15) is 182 Å². The summed E-state index contributed by atoms with van der Waals surface area (Å²) in [5.41, 5.74) is 20.8. The zero-order valence-corrected chi connectivity index (χ0v) is 77.6. The van der Waals surface area contributed by atoms with Crippen LogP contribution in [-0.4, -0.2) is 242 Å². The molecule has 0 bridgehead atoms. The number of benzene rings is 5. The number of amides is 5. The summed E-state index contributed by atoms with van der Waals surface area (Å²) in [5.74, 6) is 3.78. The maximum absolute atomic E-state index is 12.5. The molecule has 4 saturated carbocycles. The van der Waals surface area contributed by atoms with Crippen LogP contribution in [-0.2, 0) is 41.6 Å². The average Bonchev–Trinajstić information content (AvgIpc) is 1.36. The van der Waals surface area contributed by atoms with Crippen molar-refractivity contribution in [1.82, 2.24) is 96.6 Å².